The third-order valence-corrected chi connectivity index (χ3v) is 4.82. The van der Waals surface area contributed by atoms with Crippen LogP contribution in [0.15, 0.2) is 41.8 Å². The molecule has 9 heteroatoms. The van der Waals surface area contributed by atoms with Gasteiger partial charge >= 0.3 is 7.60 Å². The number of hydrogen-bond acceptors (Lipinski definition) is 4. The minimum atomic E-state index is -4.66. The van der Waals surface area contributed by atoms with Crippen molar-refractivity contribution < 1.29 is 22.8 Å². The molecular formula is C9H13N2O5PS. The van der Waals surface area contributed by atoms with Gasteiger partial charge in [-0.15, -0.1) is 6.58 Å². The Hall–Kier alpha value is -1.18. The van der Waals surface area contributed by atoms with E-state index in [1.165, 1.54) is 18.2 Å². The van der Waals surface area contributed by atoms with Crippen molar-refractivity contribution in [3.05, 3.63) is 36.9 Å². The molecular weight excluding hydrogens is 279 g/mol. The normalized spacial score (nSPS) is 14.1. The summed E-state index contributed by atoms with van der Waals surface area (Å²) >= 11 is 0. The van der Waals surface area contributed by atoms with E-state index in [0.29, 0.717) is 0 Å². The SMILES string of the molecule is C=CC(NS(=O)(=O)c1ccccc1N)P(=O)(O)O. The molecule has 1 aromatic rings. The lowest BCUT2D eigenvalue weighted by molar-refractivity contribution is 0.362. The minimum Gasteiger partial charge on any atom is -0.398 e. The second-order valence-corrected chi connectivity index (χ2v) is 6.85. The van der Waals surface area contributed by atoms with Gasteiger partial charge in [0.2, 0.25) is 10.0 Å². The van der Waals surface area contributed by atoms with Crippen LogP contribution in [-0.2, 0) is 14.6 Å². The molecule has 0 amide bonds. The van der Waals surface area contributed by atoms with Crippen molar-refractivity contribution in [3.63, 3.8) is 0 Å². The van der Waals surface area contributed by atoms with E-state index < -0.39 is 23.4 Å². The summed E-state index contributed by atoms with van der Waals surface area (Å²) in [5.74, 6) is -1.69. The molecule has 0 radical (unpaired) electrons. The van der Waals surface area contributed by atoms with Crippen LogP contribution in [0.3, 0.4) is 0 Å². The fourth-order valence-electron chi connectivity index (χ4n) is 1.20. The second-order valence-electron chi connectivity index (χ2n) is 3.43. The molecule has 0 aliphatic carbocycles. The smallest absolute Gasteiger partial charge is 0.347 e. The minimum absolute atomic E-state index is 0.0153. The quantitative estimate of drug-likeness (QED) is 0.349. The van der Waals surface area contributed by atoms with E-state index in [9.17, 15) is 13.0 Å². The number of nitrogens with two attached hydrogens (primary N) is 1. The molecule has 18 heavy (non-hydrogen) atoms. The Labute approximate surface area is 105 Å². The fraction of sp³-hybridized carbons (Fsp3) is 0.111. The Bertz CT molecular complexity index is 595. The van der Waals surface area contributed by atoms with Gasteiger partial charge in [0.15, 0.2) is 0 Å². The van der Waals surface area contributed by atoms with Crippen LogP contribution in [0.2, 0.25) is 0 Å². The van der Waals surface area contributed by atoms with E-state index in [0.717, 1.165) is 6.08 Å². The summed E-state index contributed by atoms with van der Waals surface area (Å²) in [5, 5.41) is 0. The van der Waals surface area contributed by atoms with Crippen LogP contribution in [0.5, 0.6) is 0 Å². The lowest BCUT2D eigenvalue weighted by Gasteiger charge is -2.16. The molecule has 0 spiro atoms. The maximum atomic E-state index is 11.9. The predicted molar refractivity (Wildman–Crippen MR) is 67.2 cm³/mol. The summed E-state index contributed by atoms with van der Waals surface area (Å²) in [6, 6.07) is 5.60. The Morgan fingerprint density at radius 1 is 1.39 bits per heavy atom. The summed E-state index contributed by atoms with van der Waals surface area (Å²) in [4.78, 5) is 17.6. The molecule has 1 atom stereocenters. The van der Waals surface area contributed by atoms with Crippen LogP contribution in [0.25, 0.3) is 0 Å². The molecule has 1 aromatic carbocycles. The Balaban J connectivity index is 3.14. The first-order valence-electron chi connectivity index (χ1n) is 4.73. The molecule has 0 aliphatic heterocycles. The number of hydrogen-bond donors (Lipinski definition) is 4. The number of nitrogens with one attached hydrogen (secondary N) is 1. The number of benzene rings is 1. The standard InChI is InChI=1S/C9H13N2O5PS/c1-2-9(17(12,13)14)11-18(15,16)8-6-4-3-5-7(8)10/h2-6,9,11H,1,10H2,(H2,12,13,14). The van der Waals surface area contributed by atoms with Crippen molar-refractivity contribution in [3.8, 4) is 0 Å². The van der Waals surface area contributed by atoms with Crippen molar-refractivity contribution in [2.75, 3.05) is 5.73 Å². The van der Waals surface area contributed by atoms with Crippen molar-refractivity contribution in [2.24, 2.45) is 0 Å². The molecule has 0 fully saturated rings. The van der Waals surface area contributed by atoms with Crippen LogP contribution < -0.4 is 10.5 Å². The summed E-state index contributed by atoms with van der Waals surface area (Å²) < 4.78 is 36.6. The molecule has 0 saturated heterocycles. The Morgan fingerprint density at radius 2 is 1.94 bits per heavy atom. The molecule has 1 rings (SSSR count). The maximum Gasteiger partial charge on any atom is 0.347 e. The van der Waals surface area contributed by atoms with Gasteiger partial charge in [-0.3, -0.25) is 4.57 Å². The third-order valence-electron chi connectivity index (χ3n) is 2.07. The molecule has 7 nitrogen and oxygen atoms in total. The van der Waals surface area contributed by atoms with E-state index in [1.54, 1.807) is 6.07 Å². The van der Waals surface area contributed by atoms with Crippen molar-refractivity contribution >= 4 is 23.3 Å². The van der Waals surface area contributed by atoms with Crippen LogP contribution in [0.4, 0.5) is 5.69 Å². The van der Waals surface area contributed by atoms with Gasteiger partial charge in [0.05, 0.1) is 5.69 Å². The zero-order valence-electron chi connectivity index (χ0n) is 9.22. The van der Waals surface area contributed by atoms with E-state index in [-0.39, 0.29) is 10.6 Å². The summed E-state index contributed by atoms with van der Waals surface area (Å²) in [7, 11) is -8.78. The van der Waals surface area contributed by atoms with E-state index in [4.69, 9.17) is 15.5 Å². The first-order valence-corrected chi connectivity index (χ1v) is 7.89. The molecule has 0 aromatic heterocycles. The predicted octanol–water partition coefficient (Wildman–Crippen LogP) is 0.237. The van der Waals surface area contributed by atoms with Crippen LogP contribution in [0, 0.1) is 0 Å². The average Bonchev–Trinajstić information content (AvgIpc) is 2.24. The summed E-state index contributed by atoms with van der Waals surface area (Å²) in [5.41, 5.74) is 5.48. The molecule has 5 N–H and O–H groups in total. The zero-order chi connectivity index (χ0) is 14.0. The Morgan fingerprint density at radius 3 is 2.39 bits per heavy atom. The van der Waals surface area contributed by atoms with Gasteiger partial charge in [-0.25, -0.2) is 8.42 Å². The molecule has 1 unspecified atom stereocenters. The van der Waals surface area contributed by atoms with Crippen LogP contribution >= 0.6 is 7.60 Å². The largest absolute Gasteiger partial charge is 0.398 e. The van der Waals surface area contributed by atoms with E-state index in [1.807, 2.05) is 4.72 Å². The highest BCUT2D eigenvalue weighted by Crippen LogP contribution is 2.40. The molecule has 0 saturated carbocycles. The molecule has 100 valence electrons. The number of nitrogen functional groups attached to an aromatic ring is 1. The number of sulfonamides is 1. The van der Waals surface area contributed by atoms with E-state index >= 15 is 0 Å². The van der Waals surface area contributed by atoms with E-state index in [2.05, 4.69) is 6.58 Å². The van der Waals surface area contributed by atoms with Crippen molar-refractivity contribution in [1.82, 2.24) is 4.72 Å². The van der Waals surface area contributed by atoms with Gasteiger partial charge in [0, 0.05) is 0 Å². The fourth-order valence-corrected chi connectivity index (χ4v) is 3.62. The third kappa shape index (κ3) is 3.41. The first kappa shape index (κ1) is 14.9. The van der Waals surface area contributed by atoms with Crippen molar-refractivity contribution in [1.29, 1.82) is 0 Å². The average molecular weight is 292 g/mol. The number of anilines is 1. The topological polar surface area (TPSA) is 130 Å². The van der Waals surface area contributed by atoms with Crippen LogP contribution in [0.1, 0.15) is 0 Å². The van der Waals surface area contributed by atoms with Gasteiger partial charge < -0.3 is 15.5 Å². The summed E-state index contributed by atoms with van der Waals surface area (Å²) in [6.07, 6.45) is 0.831. The first-order chi connectivity index (χ1) is 8.18. The van der Waals surface area contributed by atoms with Gasteiger partial charge in [-0.2, -0.15) is 4.72 Å². The number of para-hydroxylation sites is 1. The molecule has 0 bridgehead atoms. The molecule has 0 heterocycles. The van der Waals surface area contributed by atoms with Gasteiger partial charge in [0.1, 0.15) is 10.7 Å². The van der Waals surface area contributed by atoms with Gasteiger partial charge in [-0.05, 0) is 12.1 Å². The summed E-state index contributed by atoms with van der Waals surface area (Å²) in [6.45, 7) is 3.18. The monoisotopic (exact) mass is 292 g/mol. The van der Waals surface area contributed by atoms with Crippen LogP contribution in [-0.4, -0.2) is 24.0 Å². The zero-order valence-corrected chi connectivity index (χ0v) is 10.9. The lowest BCUT2D eigenvalue weighted by Crippen LogP contribution is -2.33. The van der Waals surface area contributed by atoms with Crippen molar-refractivity contribution in [2.45, 2.75) is 10.7 Å². The van der Waals surface area contributed by atoms with Gasteiger partial charge in [-0.1, -0.05) is 18.2 Å². The lowest BCUT2D eigenvalue weighted by atomic mass is 10.3. The highest BCUT2D eigenvalue weighted by Gasteiger charge is 2.31. The maximum absolute atomic E-state index is 11.9. The second kappa shape index (κ2) is 5.21. The molecule has 0 aliphatic rings. The van der Waals surface area contributed by atoms with Gasteiger partial charge in [0.25, 0.3) is 0 Å². The Kier molecular flexibility index (Phi) is 4.31. The highest BCUT2D eigenvalue weighted by atomic mass is 32.2. The highest BCUT2D eigenvalue weighted by molar-refractivity contribution is 7.90. The number of rotatable bonds is 5.